The summed E-state index contributed by atoms with van der Waals surface area (Å²) >= 11 is 0. The Balaban J connectivity index is 2.40. The Morgan fingerprint density at radius 1 is 1.42 bits per heavy atom. The second-order valence-corrected chi connectivity index (χ2v) is 2.31. The number of aliphatic hydroxyl groups excluding tert-OH is 1. The van der Waals surface area contributed by atoms with Crippen LogP contribution in [0.25, 0.3) is 0 Å². The maximum atomic E-state index is 8.96. The van der Waals surface area contributed by atoms with Gasteiger partial charge in [0.1, 0.15) is 18.5 Å². The summed E-state index contributed by atoms with van der Waals surface area (Å²) < 4.78 is 5.17. The van der Waals surface area contributed by atoms with Crippen molar-refractivity contribution in [2.75, 3.05) is 6.61 Å². The van der Waals surface area contributed by atoms with Crippen molar-refractivity contribution in [1.29, 1.82) is 0 Å². The van der Waals surface area contributed by atoms with Crippen LogP contribution in [0.5, 0.6) is 5.75 Å². The van der Waals surface area contributed by atoms with E-state index in [0.29, 0.717) is 5.75 Å². The maximum Gasteiger partial charge on any atom is 0.148 e. The zero-order valence-corrected chi connectivity index (χ0v) is 6.60. The second kappa shape index (κ2) is 4.42. The van der Waals surface area contributed by atoms with Crippen molar-refractivity contribution in [3.8, 4) is 18.1 Å². The highest BCUT2D eigenvalue weighted by molar-refractivity contribution is 5.21. The molecule has 0 amide bonds. The molecule has 0 bridgehead atoms. The number of hydrogen-bond donors (Lipinski definition) is 1. The normalized spacial score (nSPS) is 11.7. The Morgan fingerprint density at radius 2 is 2.08 bits per heavy atom. The first kappa shape index (κ1) is 8.63. The first-order valence-corrected chi connectivity index (χ1v) is 3.65. The summed E-state index contributed by atoms with van der Waals surface area (Å²) in [6.45, 7) is 0.139. The van der Waals surface area contributed by atoms with Gasteiger partial charge in [-0.3, -0.25) is 0 Å². The lowest BCUT2D eigenvalue weighted by Crippen LogP contribution is -2.14. The molecule has 0 aliphatic rings. The standard InChI is InChI=1S/C10H10O2/c1-2-9(11)8-12-10-6-4-3-5-7-10/h1,3-7,9,11H,8H2/t9-/m0/s1. The van der Waals surface area contributed by atoms with Gasteiger partial charge in [0.2, 0.25) is 0 Å². The van der Waals surface area contributed by atoms with Crippen molar-refractivity contribution < 1.29 is 9.84 Å². The third-order valence-corrected chi connectivity index (χ3v) is 1.34. The molecule has 0 saturated heterocycles. The van der Waals surface area contributed by atoms with Crippen LogP contribution in [0.2, 0.25) is 0 Å². The molecular weight excluding hydrogens is 152 g/mol. The van der Waals surface area contributed by atoms with E-state index in [0.717, 1.165) is 0 Å². The minimum atomic E-state index is -0.829. The van der Waals surface area contributed by atoms with Gasteiger partial charge < -0.3 is 9.84 Å². The summed E-state index contributed by atoms with van der Waals surface area (Å²) in [5.74, 6) is 2.88. The fourth-order valence-electron chi connectivity index (χ4n) is 0.740. The van der Waals surface area contributed by atoms with Gasteiger partial charge in [0.25, 0.3) is 0 Å². The molecule has 1 aromatic carbocycles. The maximum absolute atomic E-state index is 8.96. The molecule has 0 unspecified atom stereocenters. The van der Waals surface area contributed by atoms with Crippen molar-refractivity contribution >= 4 is 0 Å². The number of benzene rings is 1. The van der Waals surface area contributed by atoms with E-state index in [1.165, 1.54) is 0 Å². The van der Waals surface area contributed by atoms with E-state index in [1.807, 2.05) is 30.3 Å². The van der Waals surface area contributed by atoms with Crippen LogP contribution in [0, 0.1) is 12.3 Å². The van der Waals surface area contributed by atoms with Crippen molar-refractivity contribution in [2.24, 2.45) is 0 Å². The molecule has 0 aromatic heterocycles. The summed E-state index contributed by atoms with van der Waals surface area (Å²) in [5, 5.41) is 8.96. The van der Waals surface area contributed by atoms with Crippen LogP contribution in [0.15, 0.2) is 30.3 Å². The predicted octanol–water partition coefficient (Wildman–Crippen LogP) is 1.06. The molecule has 1 rings (SSSR count). The van der Waals surface area contributed by atoms with Crippen LogP contribution in [0.3, 0.4) is 0 Å². The lowest BCUT2D eigenvalue weighted by Gasteiger charge is -2.06. The van der Waals surface area contributed by atoms with Crippen molar-refractivity contribution in [3.63, 3.8) is 0 Å². The highest BCUT2D eigenvalue weighted by atomic mass is 16.5. The number of para-hydroxylation sites is 1. The number of rotatable bonds is 3. The van der Waals surface area contributed by atoms with E-state index in [1.54, 1.807) is 0 Å². The first-order chi connectivity index (χ1) is 5.83. The van der Waals surface area contributed by atoms with Crippen molar-refractivity contribution in [3.05, 3.63) is 30.3 Å². The molecular formula is C10H10O2. The largest absolute Gasteiger partial charge is 0.490 e. The van der Waals surface area contributed by atoms with Gasteiger partial charge in [0.05, 0.1) is 0 Å². The Morgan fingerprint density at radius 3 is 2.67 bits per heavy atom. The van der Waals surface area contributed by atoms with E-state index in [9.17, 15) is 0 Å². The zero-order valence-electron chi connectivity index (χ0n) is 6.60. The van der Waals surface area contributed by atoms with Gasteiger partial charge in [0, 0.05) is 0 Å². The molecule has 0 radical (unpaired) electrons. The fraction of sp³-hybridized carbons (Fsp3) is 0.200. The number of terminal acetylenes is 1. The molecule has 0 spiro atoms. The van der Waals surface area contributed by atoms with Crippen LogP contribution in [0.1, 0.15) is 0 Å². The zero-order chi connectivity index (χ0) is 8.81. The van der Waals surface area contributed by atoms with E-state index in [4.69, 9.17) is 16.3 Å². The number of aliphatic hydroxyl groups is 1. The van der Waals surface area contributed by atoms with Crippen LogP contribution >= 0.6 is 0 Å². The average molecular weight is 162 g/mol. The van der Waals surface area contributed by atoms with E-state index >= 15 is 0 Å². The molecule has 1 atom stereocenters. The minimum Gasteiger partial charge on any atom is -0.490 e. The summed E-state index contributed by atoms with van der Waals surface area (Å²) in [7, 11) is 0. The van der Waals surface area contributed by atoms with Crippen molar-refractivity contribution in [1.82, 2.24) is 0 Å². The topological polar surface area (TPSA) is 29.5 Å². The third-order valence-electron chi connectivity index (χ3n) is 1.34. The minimum absolute atomic E-state index is 0.139. The quantitative estimate of drug-likeness (QED) is 0.673. The molecule has 12 heavy (non-hydrogen) atoms. The Hall–Kier alpha value is -1.46. The molecule has 62 valence electrons. The molecule has 0 fully saturated rings. The van der Waals surface area contributed by atoms with Gasteiger partial charge in [-0.25, -0.2) is 0 Å². The summed E-state index contributed by atoms with van der Waals surface area (Å²) in [5.41, 5.74) is 0. The van der Waals surface area contributed by atoms with Crippen LogP contribution in [-0.4, -0.2) is 17.8 Å². The first-order valence-electron chi connectivity index (χ1n) is 3.65. The highest BCUT2D eigenvalue weighted by Gasteiger charge is 1.98. The number of hydrogen-bond acceptors (Lipinski definition) is 2. The van der Waals surface area contributed by atoms with E-state index < -0.39 is 6.10 Å². The summed E-state index contributed by atoms with van der Waals surface area (Å²) in [6.07, 6.45) is 4.13. The second-order valence-electron chi connectivity index (χ2n) is 2.31. The van der Waals surface area contributed by atoms with Crippen LogP contribution in [0.4, 0.5) is 0 Å². The summed E-state index contributed by atoms with van der Waals surface area (Å²) in [6, 6.07) is 9.23. The van der Waals surface area contributed by atoms with E-state index in [-0.39, 0.29) is 6.61 Å². The highest BCUT2D eigenvalue weighted by Crippen LogP contribution is 2.07. The molecule has 2 heteroatoms. The van der Waals surface area contributed by atoms with Gasteiger partial charge in [-0.05, 0) is 12.1 Å². The van der Waals surface area contributed by atoms with Gasteiger partial charge in [-0.15, -0.1) is 6.42 Å². The average Bonchev–Trinajstić information content (AvgIpc) is 2.16. The Bertz CT molecular complexity index is 261. The van der Waals surface area contributed by atoms with E-state index in [2.05, 4.69) is 5.92 Å². The molecule has 0 aliphatic heterocycles. The fourth-order valence-corrected chi connectivity index (χ4v) is 0.740. The Kier molecular flexibility index (Phi) is 3.18. The third kappa shape index (κ3) is 2.65. The molecule has 2 nitrogen and oxygen atoms in total. The molecule has 0 aliphatic carbocycles. The van der Waals surface area contributed by atoms with Crippen LogP contribution < -0.4 is 4.74 Å². The molecule has 1 N–H and O–H groups in total. The molecule has 0 heterocycles. The van der Waals surface area contributed by atoms with Crippen molar-refractivity contribution in [2.45, 2.75) is 6.10 Å². The smallest absolute Gasteiger partial charge is 0.148 e. The Labute approximate surface area is 71.8 Å². The summed E-state index contributed by atoms with van der Waals surface area (Å²) in [4.78, 5) is 0. The SMILES string of the molecule is C#C[C@H](O)COc1ccccc1. The number of ether oxygens (including phenoxy) is 1. The molecule has 0 saturated carbocycles. The molecule has 1 aromatic rings. The van der Waals surface area contributed by atoms with Gasteiger partial charge >= 0.3 is 0 Å². The van der Waals surface area contributed by atoms with Crippen LogP contribution in [-0.2, 0) is 0 Å². The lowest BCUT2D eigenvalue weighted by atomic mass is 10.3. The van der Waals surface area contributed by atoms with Gasteiger partial charge in [-0.2, -0.15) is 0 Å². The van der Waals surface area contributed by atoms with Gasteiger partial charge in [-0.1, -0.05) is 24.1 Å². The van der Waals surface area contributed by atoms with Gasteiger partial charge in [0.15, 0.2) is 0 Å². The lowest BCUT2D eigenvalue weighted by molar-refractivity contribution is 0.151. The monoisotopic (exact) mass is 162 g/mol. The predicted molar refractivity (Wildman–Crippen MR) is 46.8 cm³/mol.